The first kappa shape index (κ1) is 36.9. The number of aliphatic hydroxyl groups excluding tert-OH is 1. The van der Waals surface area contributed by atoms with Crippen molar-refractivity contribution < 1.29 is 24.2 Å². The number of unbranched alkanes of at least 4 members (excludes halogenated alkanes) is 2. The minimum Gasteiger partial charge on any atom is -0.392 e. The lowest BCUT2D eigenvalue weighted by atomic mass is 9.90. The zero-order chi connectivity index (χ0) is 35.3. The van der Waals surface area contributed by atoms with Crippen molar-refractivity contribution in [3.63, 3.8) is 0 Å². The molecular formula is C42H51N3O5. The summed E-state index contributed by atoms with van der Waals surface area (Å²) in [5.74, 6) is 0.0922. The van der Waals surface area contributed by atoms with Crippen LogP contribution in [0.2, 0.25) is 0 Å². The molecule has 4 atom stereocenters. The van der Waals surface area contributed by atoms with Gasteiger partial charge in [0.15, 0.2) is 6.29 Å². The average molecular weight is 678 g/mol. The molecule has 2 amide bonds. The Balaban J connectivity index is 1.27. The monoisotopic (exact) mass is 677 g/mol. The topological polar surface area (TPSA) is 100 Å². The molecule has 0 saturated carbocycles. The molecule has 4 aromatic carbocycles. The van der Waals surface area contributed by atoms with Crippen LogP contribution in [-0.4, -0.2) is 48.1 Å². The van der Waals surface area contributed by atoms with E-state index in [4.69, 9.17) is 9.47 Å². The van der Waals surface area contributed by atoms with Gasteiger partial charge in [-0.2, -0.15) is 0 Å². The van der Waals surface area contributed by atoms with Crippen molar-refractivity contribution in [3.05, 3.63) is 131 Å². The largest absolute Gasteiger partial charge is 0.392 e. The van der Waals surface area contributed by atoms with Crippen LogP contribution in [0.1, 0.15) is 79.7 Å². The number of benzene rings is 4. The summed E-state index contributed by atoms with van der Waals surface area (Å²) in [4.78, 5) is 25.8. The number of ether oxygens (including phenoxy) is 2. The second kappa shape index (κ2) is 18.6. The molecule has 0 bridgehead atoms. The molecule has 1 aliphatic heterocycles. The smallest absolute Gasteiger partial charge is 0.220 e. The molecule has 0 radical (unpaired) electrons. The van der Waals surface area contributed by atoms with Crippen LogP contribution in [-0.2, 0) is 38.8 Å². The maximum Gasteiger partial charge on any atom is 0.220 e. The molecule has 0 spiro atoms. The summed E-state index contributed by atoms with van der Waals surface area (Å²) in [6.45, 7) is 6.38. The lowest BCUT2D eigenvalue weighted by Crippen LogP contribution is -2.43. The van der Waals surface area contributed by atoms with E-state index < -0.39 is 6.29 Å². The van der Waals surface area contributed by atoms with E-state index in [1.165, 1.54) is 12.5 Å². The van der Waals surface area contributed by atoms with Crippen molar-refractivity contribution in [2.45, 2.75) is 77.7 Å². The van der Waals surface area contributed by atoms with Gasteiger partial charge in [-0.3, -0.25) is 14.5 Å². The number of hydrogen-bond donors (Lipinski definition) is 3. The lowest BCUT2D eigenvalue weighted by molar-refractivity contribution is -0.276. The van der Waals surface area contributed by atoms with Crippen LogP contribution in [0, 0.1) is 5.92 Å². The minimum absolute atomic E-state index is 0.00247. The van der Waals surface area contributed by atoms with Gasteiger partial charge in [-0.15, -0.1) is 0 Å². The van der Waals surface area contributed by atoms with E-state index in [2.05, 4.69) is 96.2 Å². The predicted molar refractivity (Wildman–Crippen MR) is 197 cm³/mol. The second-order valence-electron chi connectivity index (χ2n) is 13.4. The molecule has 8 heteroatoms. The zero-order valence-electron chi connectivity index (χ0n) is 29.5. The summed E-state index contributed by atoms with van der Waals surface area (Å²) in [5, 5.41) is 15.5. The first-order valence-electron chi connectivity index (χ1n) is 17.7. The number of likely N-dealkylation sites (N-methyl/N-ethyl adjacent to an activating group) is 1. The molecule has 1 saturated heterocycles. The van der Waals surface area contributed by atoms with Crippen LogP contribution in [0.5, 0.6) is 0 Å². The maximum absolute atomic E-state index is 12.5. The Morgan fingerprint density at radius 3 is 2.22 bits per heavy atom. The van der Waals surface area contributed by atoms with Gasteiger partial charge in [-0.05, 0) is 65.4 Å². The van der Waals surface area contributed by atoms with E-state index in [-0.39, 0.29) is 36.5 Å². The number of carbonyl (C=O) groups is 2. The maximum atomic E-state index is 12.5. The number of hydrogen-bond acceptors (Lipinski definition) is 6. The Hall–Kier alpha value is -4.34. The molecule has 8 nitrogen and oxygen atoms in total. The molecule has 1 fully saturated rings. The van der Waals surface area contributed by atoms with Crippen LogP contribution in [0.15, 0.2) is 103 Å². The molecule has 50 heavy (non-hydrogen) atoms. The highest BCUT2D eigenvalue weighted by atomic mass is 16.7. The fraction of sp³-hybridized carbons (Fsp3) is 0.381. The van der Waals surface area contributed by atoms with E-state index in [0.29, 0.717) is 19.5 Å². The van der Waals surface area contributed by atoms with E-state index in [0.717, 1.165) is 65.7 Å². The third kappa shape index (κ3) is 10.8. The highest BCUT2D eigenvalue weighted by Gasteiger charge is 2.39. The standard InChI is InChI=1S/C42H51N3O5/c1-30-39(28-45(3)27-32-12-6-4-7-13-32)49-42(50-41(30)35-21-19-33(29-46)20-22-35)38-17-11-16-37(25-38)36-15-10-14-34(24-36)26-44-40(48)18-8-5-9-23-43-31(2)47/h4,6-7,10-17,19-22,24-25,30,39,41-42,46H,5,8-9,18,23,26-29H2,1-3H3,(H,43,47)(H,44,48). The van der Waals surface area contributed by atoms with Crippen molar-refractivity contribution in [3.8, 4) is 11.1 Å². The van der Waals surface area contributed by atoms with E-state index in [1.54, 1.807) is 0 Å². The van der Waals surface area contributed by atoms with Crippen molar-refractivity contribution in [1.82, 2.24) is 15.5 Å². The molecule has 4 aromatic rings. The average Bonchev–Trinajstić information content (AvgIpc) is 3.13. The first-order valence-corrected chi connectivity index (χ1v) is 17.7. The highest BCUT2D eigenvalue weighted by molar-refractivity contribution is 5.76. The fourth-order valence-corrected chi connectivity index (χ4v) is 6.46. The Labute approximate surface area is 296 Å². The van der Waals surface area contributed by atoms with Crippen molar-refractivity contribution in [1.29, 1.82) is 0 Å². The number of carbonyl (C=O) groups excluding carboxylic acids is 2. The van der Waals surface area contributed by atoms with Gasteiger partial charge in [0.25, 0.3) is 0 Å². The van der Waals surface area contributed by atoms with Crippen molar-refractivity contribution in [2.75, 3.05) is 20.1 Å². The molecule has 3 N–H and O–H groups in total. The van der Waals surface area contributed by atoms with Crippen LogP contribution in [0.3, 0.4) is 0 Å². The van der Waals surface area contributed by atoms with E-state index in [1.807, 2.05) is 36.4 Å². The van der Waals surface area contributed by atoms with Crippen LogP contribution in [0.4, 0.5) is 0 Å². The number of rotatable bonds is 16. The number of nitrogens with one attached hydrogen (secondary N) is 2. The van der Waals surface area contributed by atoms with Crippen LogP contribution < -0.4 is 10.6 Å². The van der Waals surface area contributed by atoms with Crippen LogP contribution >= 0.6 is 0 Å². The van der Waals surface area contributed by atoms with Crippen molar-refractivity contribution >= 4 is 11.8 Å². The van der Waals surface area contributed by atoms with Gasteiger partial charge in [0.05, 0.1) is 18.8 Å². The van der Waals surface area contributed by atoms with Crippen molar-refractivity contribution in [2.24, 2.45) is 5.92 Å². The predicted octanol–water partition coefficient (Wildman–Crippen LogP) is 7.08. The van der Waals surface area contributed by atoms with Gasteiger partial charge in [-0.1, -0.05) is 104 Å². The number of nitrogens with zero attached hydrogens (tertiary/aromatic N) is 1. The molecule has 5 rings (SSSR count). The quantitative estimate of drug-likeness (QED) is 0.110. The fourth-order valence-electron chi connectivity index (χ4n) is 6.46. The van der Waals surface area contributed by atoms with E-state index >= 15 is 0 Å². The molecule has 1 heterocycles. The van der Waals surface area contributed by atoms with Gasteiger partial charge in [0, 0.05) is 51.0 Å². The molecule has 0 aromatic heterocycles. The minimum atomic E-state index is -0.565. The van der Waals surface area contributed by atoms with Gasteiger partial charge in [0.1, 0.15) is 0 Å². The van der Waals surface area contributed by atoms with Gasteiger partial charge in [-0.25, -0.2) is 0 Å². The summed E-state index contributed by atoms with van der Waals surface area (Å²) in [7, 11) is 2.13. The third-order valence-corrected chi connectivity index (χ3v) is 9.27. The number of aliphatic hydroxyl groups is 1. The SMILES string of the molecule is CC(=O)NCCCCCC(=O)NCc1cccc(-c2cccc(C3OC(CN(C)Cc4ccccc4)C(C)C(c4ccc(CO)cc4)O3)c2)c1. The summed E-state index contributed by atoms with van der Waals surface area (Å²) in [6, 6.07) is 35.0. The molecule has 1 aliphatic rings. The lowest BCUT2D eigenvalue weighted by Gasteiger charge is -2.42. The molecule has 0 aliphatic carbocycles. The summed E-state index contributed by atoms with van der Waals surface area (Å²) < 4.78 is 13.5. The first-order chi connectivity index (χ1) is 24.3. The van der Waals surface area contributed by atoms with E-state index in [9.17, 15) is 14.7 Å². The summed E-state index contributed by atoms with van der Waals surface area (Å²) in [5.41, 5.74) is 7.26. The summed E-state index contributed by atoms with van der Waals surface area (Å²) >= 11 is 0. The zero-order valence-corrected chi connectivity index (χ0v) is 29.5. The Bertz CT molecular complexity index is 1660. The Morgan fingerprint density at radius 1 is 0.760 bits per heavy atom. The van der Waals surface area contributed by atoms with Crippen LogP contribution in [0.25, 0.3) is 11.1 Å². The Morgan fingerprint density at radius 2 is 1.48 bits per heavy atom. The molecule has 4 unspecified atom stereocenters. The summed E-state index contributed by atoms with van der Waals surface area (Å²) in [6.07, 6.45) is 2.19. The number of amides is 2. The molecule has 264 valence electrons. The normalized spacial score (nSPS) is 18.9. The van der Waals surface area contributed by atoms with Gasteiger partial charge in [0.2, 0.25) is 11.8 Å². The van der Waals surface area contributed by atoms with Gasteiger partial charge >= 0.3 is 0 Å². The Kier molecular flexibility index (Phi) is 13.7. The third-order valence-electron chi connectivity index (χ3n) is 9.27. The second-order valence-corrected chi connectivity index (χ2v) is 13.4. The molecular weight excluding hydrogens is 626 g/mol. The van der Waals surface area contributed by atoms with Gasteiger partial charge < -0.3 is 25.2 Å². The highest BCUT2D eigenvalue weighted by Crippen LogP contribution is 2.42.